The van der Waals surface area contributed by atoms with Gasteiger partial charge in [0, 0.05) is 76.7 Å². The number of ketones is 2. The molecule has 0 fully saturated rings. The van der Waals surface area contributed by atoms with Gasteiger partial charge in [0.1, 0.15) is 0 Å². The summed E-state index contributed by atoms with van der Waals surface area (Å²) in [4.78, 5) is 23.7. The van der Waals surface area contributed by atoms with Gasteiger partial charge >= 0.3 is 0 Å². The molecule has 226 valence electrons. The summed E-state index contributed by atoms with van der Waals surface area (Å²) in [5, 5.41) is 0. The highest BCUT2D eigenvalue weighted by atomic mass is 35.5. The molecule has 5 rings (SSSR count). The maximum absolute atomic E-state index is 11.1. The van der Waals surface area contributed by atoms with Crippen LogP contribution in [0.3, 0.4) is 0 Å². The standard InChI is InChI=1S/C10H9NO.C9H12NO.C9H9N.C5H13NO2.ClH/c1-8(12)10-6-5-9-4-2-3-7-11(9)10;1-8-5-3-4-6-10(8)7-9(2)11;1-8-6-9-4-2-3-5-10(9)7-8;1-6(2)5(7-3)8-4;/h2-7H,1H3;3-6H,7H2,1-2H3;2-7H,1H3;5H,1-4H3;1H/q;+1;;;/p-1. The maximum atomic E-state index is 11.1. The largest absolute Gasteiger partial charge is 1.00 e. The molecule has 0 atom stereocenters. The van der Waals surface area contributed by atoms with Crippen LogP contribution in [0.5, 0.6) is 0 Å². The van der Waals surface area contributed by atoms with Gasteiger partial charge in [-0.15, -0.1) is 0 Å². The lowest BCUT2D eigenvalue weighted by Gasteiger charge is -2.19. The number of aryl methyl sites for hydroxylation is 2. The second-order valence-corrected chi connectivity index (χ2v) is 9.73. The Bertz CT molecular complexity index is 1490. The van der Waals surface area contributed by atoms with Crippen LogP contribution in [0.25, 0.3) is 11.0 Å². The summed E-state index contributed by atoms with van der Waals surface area (Å²) < 4.78 is 15.7. The highest BCUT2D eigenvalue weighted by molar-refractivity contribution is 5.93. The van der Waals surface area contributed by atoms with Crippen LogP contribution in [-0.2, 0) is 20.8 Å². The number of nitrogens with zero attached hydrogens (tertiary/aromatic N) is 4. The van der Waals surface area contributed by atoms with E-state index in [4.69, 9.17) is 9.47 Å². The van der Waals surface area contributed by atoms with Crippen LogP contribution in [0.2, 0.25) is 0 Å². The number of hydrogen-bond acceptors (Lipinski definition) is 5. The number of Topliss-reactive ketones (excluding diaryl/α,β-unsaturated/α-hetero) is 2. The molecule has 0 aliphatic heterocycles. The average molecular weight is 595 g/mol. The Morgan fingerprint density at radius 2 is 1.48 bits per heavy atom. The Kier molecular flexibility index (Phi) is 16.0. The minimum absolute atomic E-state index is 0. The van der Waals surface area contributed by atoms with Crippen LogP contribution in [0.1, 0.15) is 35.6 Å². The number of pyridine rings is 3. The van der Waals surface area contributed by atoms with Crippen molar-refractivity contribution in [1.29, 1.82) is 0 Å². The zero-order valence-electron chi connectivity index (χ0n) is 25.8. The van der Waals surface area contributed by atoms with E-state index in [1.807, 2.05) is 102 Å². The first-order valence-electron chi connectivity index (χ1n) is 13.3. The Morgan fingerprint density at radius 3 is 2.00 bits per heavy atom. The van der Waals surface area contributed by atoms with E-state index in [1.54, 1.807) is 28.1 Å². The number of aromatic nitrogens is 3. The lowest BCUT2D eigenvalue weighted by Crippen LogP contribution is -3.00. The smallest absolute Gasteiger partial charge is 0.217 e. The fourth-order valence-electron chi connectivity index (χ4n) is 4.04. The Morgan fingerprint density at radius 1 is 0.857 bits per heavy atom. The summed E-state index contributed by atoms with van der Waals surface area (Å²) in [5.41, 5.74) is 5.49. The summed E-state index contributed by atoms with van der Waals surface area (Å²) in [5.74, 6) is 0.283. The number of halogens is 1. The minimum atomic E-state index is -0.213. The molecule has 0 aromatic carbocycles. The van der Waals surface area contributed by atoms with E-state index < -0.39 is 0 Å². The molecule has 0 saturated heterocycles. The third-order valence-corrected chi connectivity index (χ3v) is 5.95. The third-order valence-electron chi connectivity index (χ3n) is 5.95. The maximum Gasteiger partial charge on any atom is 0.217 e. The molecule has 0 unspecified atom stereocenters. The Balaban J connectivity index is 0.000000281. The van der Waals surface area contributed by atoms with Gasteiger partial charge in [0.2, 0.25) is 13.0 Å². The first-order valence-corrected chi connectivity index (χ1v) is 13.3. The number of ether oxygens (including phenoxy) is 2. The van der Waals surface area contributed by atoms with Crippen LogP contribution in [0, 0.1) is 13.8 Å². The minimum Gasteiger partial charge on any atom is -1.00 e. The fourth-order valence-corrected chi connectivity index (χ4v) is 4.04. The van der Waals surface area contributed by atoms with Crippen molar-refractivity contribution in [2.24, 2.45) is 0 Å². The number of methoxy groups -OCH3 is 2. The van der Waals surface area contributed by atoms with Crippen molar-refractivity contribution in [3.8, 4) is 0 Å². The average Bonchev–Trinajstić information content (AvgIpc) is 3.54. The second kappa shape index (κ2) is 18.6. The number of carbonyl (C=O) groups is 2. The molecule has 5 heterocycles. The van der Waals surface area contributed by atoms with E-state index in [0.29, 0.717) is 6.54 Å². The van der Waals surface area contributed by atoms with Crippen molar-refractivity contribution >= 4 is 22.6 Å². The number of carbonyl (C=O) groups excluding carboxylic acids is 2. The van der Waals surface area contributed by atoms with Gasteiger partial charge in [-0.1, -0.05) is 18.2 Å². The molecule has 0 N–H and O–H groups in total. The molecule has 0 amide bonds. The fraction of sp³-hybridized carbons (Fsp3) is 0.303. The molecule has 0 saturated carbocycles. The first-order chi connectivity index (χ1) is 19.6. The number of hydrogen-bond donors (Lipinski definition) is 0. The molecule has 0 aliphatic rings. The van der Waals surface area contributed by atoms with Crippen molar-refractivity contribution < 1.29 is 36.0 Å². The van der Waals surface area contributed by atoms with Gasteiger partial charge in [0.15, 0.2) is 23.5 Å². The SMILES string of the molecule is CC(=O)C[n+]1ccccc1C.CC(=O)c1ccc2ccccn12.COC(OC)N(C)C.Cc1cc2ccccn2c1.[Cl-]. The van der Waals surface area contributed by atoms with Gasteiger partial charge in [-0.3, -0.25) is 14.5 Å². The highest BCUT2D eigenvalue weighted by Gasteiger charge is 2.06. The predicted molar refractivity (Wildman–Crippen MR) is 163 cm³/mol. The van der Waals surface area contributed by atoms with Crippen molar-refractivity contribution in [3.63, 3.8) is 0 Å². The summed E-state index contributed by atoms with van der Waals surface area (Å²) >= 11 is 0. The van der Waals surface area contributed by atoms with Gasteiger partial charge in [-0.25, -0.2) is 0 Å². The summed E-state index contributed by atoms with van der Waals surface area (Å²) in [6.07, 6.45) is 7.77. The molecular weight excluding hydrogens is 552 g/mol. The second-order valence-electron chi connectivity index (χ2n) is 9.73. The summed E-state index contributed by atoms with van der Waals surface area (Å²) in [6.45, 7) is 7.75. The summed E-state index contributed by atoms with van der Waals surface area (Å²) in [6, 6.07) is 23.9. The summed E-state index contributed by atoms with van der Waals surface area (Å²) in [7, 11) is 6.98. The number of rotatable bonds is 6. The predicted octanol–water partition coefficient (Wildman–Crippen LogP) is 2.39. The third kappa shape index (κ3) is 11.6. The monoisotopic (exact) mass is 594 g/mol. The van der Waals surface area contributed by atoms with E-state index in [9.17, 15) is 9.59 Å². The molecule has 0 aliphatic carbocycles. The molecule has 8 nitrogen and oxygen atoms in total. The van der Waals surface area contributed by atoms with Crippen molar-refractivity contribution in [2.45, 2.75) is 40.7 Å². The normalized spacial score (nSPS) is 10.1. The zero-order chi connectivity index (χ0) is 30.4. The highest BCUT2D eigenvalue weighted by Crippen LogP contribution is 2.10. The lowest BCUT2D eigenvalue weighted by molar-refractivity contribution is -0.690. The molecule has 5 aromatic heterocycles. The van der Waals surface area contributed by atoms with E-state index in [1.165, 1.54) is 11.1 Å². The van der Waals surface area contributed by atoms with Crippen molar-refractivity contribution in [3.05, 3.63) is 115 Å². The van der Waals surface area contributed by atoms with Crippen LogP contribution in [0.15, 0.2) is 97.6 Å². The van der Waals surface area contributed by atoms with Crippen molar-refractivity contribution in [2.75, 3.05) is 28.3 Å². The molecule has 42 heavy (non-hydrogen) atoms. The Hall–Kier alpha value is -3.82. The van der Waals surface area contributed by atoms with Crippen LogP contribution >= 0.6 is 0 Å². The topological polar surface area (TPSA) is 68.5 Å². The molecule has 5 aromatic rings. The molecule has 0 bridgehead atoms. The molecule has 0 spiro atoms. The molecule has 9 heteroatoms. The van der Waals surface area contributed by atoms with Gasteiger partial charge in [0.25, 0.3) is 0 Å². The zero-order valence-corrected chi connectivity index (χ0v) is 26.6. The van der Waals surface area contributed by atoms with E-state index in [2.05, 4.69) is 41.9 Å². The van der Waals surface area contributed by atoms with Crippen LogP contribution in [0.4, 0.5) is 0 Å². The van der Waals surface area contributed by atoms with Gasteiger partial charge in [0.05, 0.1) is 5.69 Å². The van der Waals surface area contributed by atoms with Crippen molar-refractivity contribution in [1.82, 2.24) is 13.7 Å². The quantitative estimate of drug-likeness (QED) is 0.172. The van der Waals surface area contributed by atoms with Gasteiger partial charge in [-0.2, -0.15) is 4.57 Å². The van der Waals surface area contributed by atoms with Crippen LogP contribution < -0.4 is 17.0 Å². The molecule has 0 radical (unpaired) electrons. The lowest BCUT2D eigenvalue weighted by atomic mass is 10.3. The number of fused-ring (bicyclic) bond motifs is 2. The van der Waals surface area contributed by atoms with Crippen LogP contribution in [-0.4, -0.2) is 60.0 Å². The van der Waals surface area contributed by atoms with Gasteiger partial charge in [-0.05, 0) is 69.0 Å². The van der Waals surface area contributed by atoms with E-state index >= 15 is 0 Å². The Labute approximate surface area is 255 Å². The van der Waals surface area contributed by atoms with E-state index in [0.717, 1.165) is 16.9 Å². The van der Waals surface area contributed by atoms with Gasteiger partial charge < -0.3 is 30.7 Å². The van der Waals surface area contributed by atoms with E-state index in [-0.39, 0.29) is 30.4 Å². The molecular formula is C33H43ClN4O4. The first kappa shape index (κ1) is 36.2.